The Kier molecular flexibility index (Phi) is 7.43. The Morgan fingerprint density at radius 3 is 2.39 bits per heavy atom. The molecule has 6 nitrogen and oxygen atoms in total. The topological polar surface area (TPSA) is 79.7 Å². The summed E-state index contributed by atoms with van der Waals surface area (Å²) < 4.78 is 5.76. The Labute approximate surface area is 195 Å². The first kappa shape index (κ1) is 23.0. The van der Waals surface area contributed by atoms with Gasteiger partial charge in [0.05, 0.1) is 18.2 Å². The van der Waals surface area contributed by atoms with Crippen molar-refractivity contribution >= 4 is 17.4 Å². The van der Waals surface area contributed by atoms with E-state index < -0.39 is 17.7 Å². The third-order valence-corrected chi connectivity index (χ3v) is 6.61. The van der Waals surface area contributed by atoms with E-state index >= 15 is 0 Å². The molecule has 1 N–H and O–H groups in total. The number of Topliss-reactive ketones (excluding diaryl/α,β-unsaturated/α-hetero) is 1. The van der Waals surface area contributed by atoms with E-state index in [0.29, 0.717) is 12.2 Å². The first-order valence-electron chi connectivity index (χ1n) is 12.0. The lowest BCUT2D eigenvalue weighted by molar-refractivity contribution is -0.141. The van der Waals surface area contributed by atoms with Crippen LogP contribution in [0.25, 0.3) is 5.76 Å². The number of benzene rings is 1. The van der Waals surface area contributed by atoms with Crippen LogP contribution in [0.2, 0.25) is 0 Å². The molecule has 174 valence electrons. The summed E-state index contributed by atoms with van der Waals surface area (Å²) >= 11 is 0. The Hall–Kier alpha value is -3.15. The fourth-order valence-electron chi connectivity index (χ4n) is 4.87. The molecule has 1 unspecified atom stereocenters. The molecular weight excluding hydrogens is 416 g/mol. The maximum atomic E-state index is 13.2. The van der Waals surface area contributed by atoms with Gasteiger partial charge in [0.2, 0.25) is 0 Å². The molecule has 1 aromatic carbocycles. The van der Waals surface area contributed by atoms with Crippen LogP contribution < -0.4 is 4.74 Å². The summed E-state index contributed by atoms with van der Waals surface area (Å²) in [5.74, 6) is -0.581. The number of aliphatic hydroxyl groups excluding tert-OH is 1. The van der Waals surface area contributed by atoms with Crippen LogP contribution in [-0.2, 0) is 9.59 Å². The molecule has 2 aliphatic rings. The Morgan fingerprint density at radius 2 is 1.73 bits per heavy atom. The van der Waals surface area contributed by atoms with Gasteiger partial charge in [0.25, 0.3) is 11.7 Å². The molecule has 0 spiro atoms. The second kappa shape index (κ2) is 10.6. The molecule has 33 heavy (non-hydrogen) atoms. The van der Waals surface area contributed by atoms with Crippen LogP contribution >= 0.6 is 0 Å². The highest BCUT2D eigenvalue weighted by molar-refractivity contribution is 6.46. The maximum absolute atomic E-state index is 13.2. The van der Waals surface area contributed by atoms with Crippen molar-refractivity contribution in [2.24, 2.45) is 0 Å². The van der Waals surface area contributed by atoms with Crippen molar-refractivity contribution < 1.29 is 19.4 Å². The number of rotatable bonds is 8. The number of amides is 1. The lowest BCUT2D eigenvalue weighted by Crippen LogP contribution is -2.40. The van der Waals surface area contributed by atoms with Crippen molar-refractivity contribution in [2.75, 3.05) is 6.61 Å². The van der Waals surface area contributed by atoms with Gasteiger partial charge in [0, 0.05) is 24.0 Å². The average Bonchev–Trinajstić information content (AvgIpc) is 3.13. The largest absolute Gasteiger partial charge is 0.507 e. The van der Waals surface area contributed by atoms with Gasteiger partial charge in [-0.1, -0.05) is 39.0 Å². The second-order valence-corrected chi connectivity index (χ2v) is 8.86. The van der Waals surface area contributed by atoms with Crippen molar-refractivity contribution in [2.45, 2.75) is 70.4 Å². The molecule has 1 aromatic heterocycles. The van der Waals surface area contributed by atoms with Crippen LogP contribution in [0.15, 0.2) is 54.4 Å². The molecule has 6 heteroatoms. The fraction of sp³-hybridized carbons (Fsp3) is 0.444. The minimum atomic E-state index is -0.625. The zero-order chi connectivity index (χ0) is 23.2. The Balaban J connectivity index is 1.67. The molecular formula is C27H32N2O4. The van der Waals surface area contributed by atoms with E-state index in [1.165, 1.54) is 0 Å². The lowest BCUT2D eigenvalue weighted by atomic mass is 9.91. The average molecular weight is 449 g/mol. The Bertz CT molecular complexity index is 995. The van der Waals surface area contributed by atoms with E-state index in [2.05, 4.69) is 11.9 Å². The first-order valence-corrected chi connectivity index (χ1v) is 12.0. The number of carbonyl (C=O) groups excluding carboxylic acids is 2. The van der Waals surface area contributed by atoms with Gasteiger partial charge in [0.1, 0.15) is 11.5 Å². The van der Waals surface area contributed by atoms with Gasteiger partial charge in [-0.2, -0.15) is 0 Å². The minimum absolute atomic E-state index is 0.00226. The van der Waals surface area contributed by atoms with Crippen LogP contribution in [0, 0.1) is 0 Å². The SMILES string of the molecule is CCCCCOc1ccc(/C(O)=C2/C(=O)C(=O)N(C3CCCCC3)C2c2ccncc2)cc1. The molecule has 0 radical (unpaired) electrons. The third kappa shape index (κ3) is 4.95. The lowest BCUT2D eigenvalue weighted by Gasteiger charge is -2.35. The summed E-state index contributed by atoms with van der Waals surface area (Å²) in [5.41, 5.74) is 1.43. The molecule has 1 aliphatic carbocycles. The summed E-state index contributed by atoms with van der Waals surface area (Å²) in [6.45, 7) is 2.79. The van der Waals surface area contributed by atoms with E-state index in [1.54, 1.807) is 41.6 Å². The molecule has 1 amide bonds. The Morgan fingerprint density at radius 1 is 1.03 bits per heavy atom. The number of hydrogen-bond acceptors (Lipinski definition) is 5. The predicted octanol–water partition coefficient (Wildman–Crippen LogP) is 5.41. The summed E-state index contributed by atoms with van der Waals surface area (Å²) in [4.78, 5) is 32.1. The normalized spacial score (nSPS) is 20.9. The summed E-state index contributed by atoms with van der Waals surface area (Å²) in [5, 5.41) is 11.2. The molecule has 1 aliphatic heterocycles. The standard InChI is InChI=1S/C27H32N2O4/c1-2-3-7-18-33-22-12-10-20(11-13-22)25(30)23-24(19-14-16-28-17-15-19)29(27(32)26(23)31)21-8-5-4-6-9-21/h10-17,21,24,30H,2-9,18H2,1H3/b25-23-. The van der Waals surface area contributed by atoms with Gasteiger partial charge in [-0.3, -0.25) is 14.6 Å². The molecule has 2 fully saturated rings. The molecule has 2 heterocycles. The van der Waals surface area contributed by atoms with Crippen molar-refractivity contribution in [1.82, 2.24) is 9.88 Å². The van der Waals surface area contributed by atoms with Crippen LogP contribution in [0.4, 0.5) is 0 Å². The highest BCUT2D eigenvalue weighted by Gasteiger charge is 2.48. The zero-order valence-corrected chi connectivity index (χ0v) is 19.2. The van der Waals surface area contributed by atoms with Gasteiger partial charge < -0.3 is 14.7 Å². The zero-order valence-electron chi connectivity index (χ0n) is 19.2. The predicted molar refractivity (Wildman–Crippen MR) is 127 cm³/mol. The third-order valence-electron chi connectivity index (χ3n) is 6.61. The minimum Gasteiger partial charge on any atom is -0.507 e. The number of unbranched alkanes of at least 4 members (excludes halogenated alkanes) is 2. The van der Waals surface area contributed by atoms with E-state index in [1.807, 2.05) is 12.1 Å². The van der Waals surface area contributed by atoms with E-state index in [4.69, 9.17) is 4.74 Å². The highest BCUT2D eigenvalue weighted by atomic mass is 16.5. The van der Waals surface area contributed by atoms with Crippen molar-refractivity contribution in [1.29, 1.82) is 0 Å². The van der Waals surface area contributed by atoms with Crippen LogP contribution in [0.1, 0.15) is 75.5 Å². The van der Waals surface area contributed by atoms with Crippen LogP contribution in [-0.4, -0.2) is 39.3 Å². The molecule has 1 atom stereocenters. The number of aliphatic hydroxyl groups is 1. The van der Waals surface area contributed by atoms with Gasteiger partial charge in [-0.15, -0.1) is 0 Å². The summed E-state index contributed by atoms with van der Waals surface area (Å²) in [7, 11) is 0. The summed E-state index contributed by atoms with van der Waals surface area (Å²) in [6.07, 6.45) is 11.5. The number of ketones is 1. The van der Waals surface area contributed by atoms with Gasteiger partial charge in [-0.05, 0) is 61.2 Å². The van der Waals surface area contributed by atoms with E-state index in [-0.39, 0.29) is 17.4 Å². The van der Waals surface area contributed by atoms with Gasteiger partial charge in [-0.25, -0.2) is 0 Å². The molecule has 4 rings (SSSR count). The molecule has 0 bridgehead atoms. The number of nitrogens with zero attached hydrogens (tertiary/aromatic N) is 2. The highest BCUT2D eigenvalue weighted by Crippen LogP contribution is 2.42. The van der Waals surface area contributed by atoms with Crippen molar-refractivity contribution in [3.8, 4) is 5.75 Å². The smallest absolute Gasteiger partial charge is 0.295 e. The van der Waals surface area contributed by atoms with Crippen LogP contribution in [0.5, 0.6) is 5.75 Å². The maximum Gasteiger partial charge on any atom is 0.295 e. The van der Waals surface area contributed by atoms with Gasteiger partial charge >= 0.3 is 0 Å². The number of hydrogen-bond donors (Lipinski definition) is 1. The number of pyridine rings is 1. The van der Waals surface area contributed by atoms with E-state index in [0.717, 1.165) is 62.7 Å². The molecule has 2 aromatic rings. The summed E-state index contributed by atoms with van der Waals surface area (Å²) in [6, 6.07) is 10.1. The quantitative estimate of drug-likeness (QED) is 0.253. The number of ether oxygens (including phenoxy) is 1. The monoisotopic (exact) mass is 448 g/mol. The molecule has 1 saturated heterocycles. The van der Waals surface area contributed by atoms with Crippen molar-refractivity contribution in [3.05, 3.63) is 65.5 Å². The number of likely N-dealkylation sites (tertiary alicyclic amines) is 1. The fourth-order valence-corrected chi connectivity index (χ4v) is 4.87. The number of carbonyl (C=O) groups is 2. The van der Waals surface area contributed by atoms with Gasteiger partial charge in [0.15, 0.2) is 0 Å². The second-order valence-electron chi connectivity index (χ2n) is 8.86. The van der Waals surface area contributed by atoms with Crippen molar-refractivity contribution in [3.63, 3.8) is 0 Å². The molecule has 1 saturated carbocycles. The first-order chi connectivity index (χ1) is 16.1. The van der Waals surface area contributed by atoms with Crippen LogP contribution in [0.3, 0.4) is 0 Å². The number of aromatic nitrogens is 1. The van der Waals surface area contributed by atoms with E-state index in [9.17, 15) is 14.7 Å².